The number of benzene rings is 2. The lowest BCUT2D eigenvalue weighted by Crippen LogP contribution is -2.24. The third-order valence-corrected chi connectivity index (χ3v) is 3.40. The number of anilines is 2. The van der Waals surface area contributed by atoms with Crippen molar-refractivity contribution in [1.82, 2.24) is 0 Å². The Kier molecular flexibility index (Phi) is 3.02. The molecular formula is C16H12N2O3. The summed E-state index contributed by atoms with van der Waals surface area (Å²) in [4.78, 5) is 36.8. The van der Waals surface area contributed by atoms with E-state index >= 15 is 0 Å². The first-order valence-corrected chi connectivity index (χ1v) is 6.41. The van der Waals surface area contributed by atoms with Gasteiger partial charge in [-0.25, -0.2) is 0 Å². The van der Waals surface area contributed by atoms with Crippen molar-refractivity contribution in [2.24, 2.45) is 0 Å². The molecule has 2 aromatic rings. The molecule has 5 heteroatoms. The Hall–Kier alpha value is -2.95. The second-order valence-corrected chi connectivity index (χ2v) is 4.75. The molecule has 1 N–H and O–H groups in total. The molecule has 1 heterocycles. The molecule has 2 amide bonds. The zero-order chi connectivity index (χ0) is 15.0. The van der Waals surface area contributed by atoms with Crippen LogP contribution in [0.4, 0.5) is 11.4 Å². The van der Waals surface area contributed by atoms with E-state index in [-0.39, 0.29) is 5.91 Å². The molecule has 0 unspecified atom stereocenters. The number of hydrogen-bond donors (Lipinski definition) is 1. The fourth-order valence-corrected chi connectivity index (χ4v) is 2.26. The quantitative estimate of drug-likeness (QED) is 0.857. The lowest BCUT2D eigenvalue weighted by Gasteiger charge is -2.10. The van der Waals surface area contributed by atoms with Gasteiger partial charge in [0.15, 0.2) is 0 Å². The predicted octanol–water partition coefficient (Wildman–Crippen LogP) is 2.10. The van der Waals surface area contributed by atoms with Gasteiger partial charge in [-0.2, -0.15) is 0 Å². The fraction of sp³-hybridized carbons (Fsp3) is 0.0625. The maximum atomic E-state index is 12.1. The van der Waals surface area contributed by atoms with Crippen LogP contribution in [-0.4, -0.2) is 24.6 Å². The molecule has 1 aliphatic rings. The van der Waals surface area contributed by atoms with E-state index in [9.17, 15) is 14.4 Å². The first kappa shape index (κ1) is 13.1. The topological polar surface area (TPSA) is 66.5 Å². The molecule has 0 bridgehead atoms. The summed E-state index contributed by atoms with van der Waals surface area (Å²) < 4.78 is 0. The van der Waals surface area contributed by atoms with E-state index in [0.29, 0.717) is 22.5 Å². The van der Waals surface area contributed by atoms with E-state index in [0.717, 1.165) is 0 Å². The average molecular weight is 280 g/mol. The molecule has 21 heavy (non-hydrogen) atoms. The monoisotopic (exact) mass is 280 g/mol. The second kappa shape index (κ2) is 4.86. The Labute approximate surface area is 121 Å². The average Bonchev–Trinajstić information content (AvgIpc) is 2.73. The number of likely N-dealkylation sites (N-methyl/N-ethyl adjacent to an activating group) is 1. The van der Waals surface area contributed by atoms with Crippen LogP contribution in [0.1, 0.15) is 20.7 Å². The highest BCUT2D eigenvalue weighted by atomic mass is 16.2. The lowest BCUT2D eigenvalue weighted by molar-refractivity contribution is -0.114. The Morgan fingerprint density at radius 1 is 1.05 bits per heavy atom. The zero-order valence-corrected chi connectivity index (χ0v) is 11.3. The highest BCUT2D eigenvalue weighted by Crippen LogP contribution is 2.30. The van der Waals surface area contributed by atoms with Crippen LogP contribution in [0, 0.1) is 0 Å². The molecule has 0 fully saturated rings. The molecule has 2 aromatic carbocycles. The van der Waals surface area contributed by atoms with Gasteiger partial charge in [-0.3, -0.25) is 14.4 Å². The molecule has 0 aromatic heterocycles. The van der Waals surface area contributed by atoms with E-state index in [1.807, 2.05) is 6.07 Å². The molecule has 0 atom stereocenters. The lowest BCUT2D eigenvalue weighted by atomic mass is 10.1. The molecular weight excluding hydrogens is 268 g/mol. The van der Waals surface area contributed by atoms with Crippen LogP contribution in [0.3, 0.4) is 0 Å². The summed E-state index contributed by atoms with van der Waals surface area (Å²) >= 11 is 0. The van der Waals surface area contributed by atoms with E-state index in [1.165, 1.54) is 11.0 Å². The Bertz CT molecular complexity index is 753. The van der Waals surface area contributed by atoms with Crippen molar-refractivity contribution in [3.63, 3.8) is 0 Å². The van der Waals surface area contributed by atoms with Gasteiger partial charge < -0.3 is 10.2 Å². The summed E-state index contributed by atoms with van der Waals surface area (Å²) in [5.41, 5.74) is 1.88. The number of nitrogens with one attached hydrogen (secondary N) is 1. The van der Waals surface area contributed by atoms with Gasteiger partial charge in [0.1, 0.15) is 0 Å². The minimum atomic E-state index is -0.559. The summed E-state index contributed by atoms with van der Waals surface area (Å²) in [6.45, 7) is 0. The third-order valence-electron chi connectivity index (χ3n) is 3.40. The van der Waals surface area contributed by atoms with Crippen molar-refractivity contribution in [1.29, 1.82) is 0 Å². The number of amides is 2. The van der Waals surface area contributed by atoms with Crippen molar-refractivity contribution in [2.45, 2.75) is 0 Å². The first-order chi connectivity index (χ1) is 10.1. The normalized spacial score (nSPS) is 13.3. The van der Waals surface area contributed by atoms with Gasteiger partial charge in [0.2, 0.25) is 0 Å². The molecule has 3 rings (SSSR count). The molecule has 1 aliphatic heterocycles. The summed E-state index contributed by atoms with van der Waals surface area (Å²) in [6.07, 6.45) is 0. The summed E-state index contributed by atoms with van der Waals surface area (Å²) in [7, 11) is 1.55. The summed E-state index contributed by atoms with van der Waals surface area (Å²) in [5.74, 6) is -1.37. The highest BCUT2D eigenvalue weighted by molar-refractivity contribution is 6.52. The van der Waals surface area contributed by atoms with Gasteiger partial charge >= 0.3 is 0 Å². The van der Waals surface area contributed by atoms with E-state index < -0.39 is 11.7 Å². The standard InChI is InChI=1S/C16H12N2O3/c1-18-13-8-7-11(9-12(13)14(19)16(18)21)17-15(20)10-5-3-2-4-6-10/h2-9H,1H3,(H,17,20). The molecule has 0 saturated heterocycles. The van der Waals surface area contributed by atoms with Crippen LogP contribution in [0.2, 0.25) is 0 Å². The van der Waals surface area contributed by atoms with Crippen molar-refractivity contribution >= 4 is 29.0 Å². The van der Waals surface area contributed by atoms with Crippen molar-refractivity contribution in [2.75, 3.05) is 17.3 Å². The molecule has 0 saturated carbocycles. The van der Waals surface area contributed by atoms with E-state index in [2.05, 4.69) is 5.32 Å². The minimum absolute atomic E-state index is 0.263. The molecule has 104 valence electrons. The summed E-state index contributed by atoms with van der Waals surface area (Å²) in [6, 6.07) is 13.6. The SMILES string of the molecule is CN1C(=O)C(=O)c2cc(NC(=O)c3ccccc3)ccc21. The maximum Gasteiger partial charge on any atom is 0.299 e. The predicted molar refractivity (Wildman–Crippen MR) is 78.6 cm³/mol. The van der Waals surface area contributed by atoms with Gasteiger partial charge in [0, 0.05) is 18.3 Å². The van der Waals surface area contributed by atoms with Crippen LogP contribution >= 0.6 is 0 Å². The minimum Gasteiger partial charge on any atom is -0.322 e. The largest absolute Gasteiger partial charge is 0.322 e. The number of carbonyl (C=O) groups excluding carboxylic acids is 3. The smallest absolute Gasteiger partial charge is 0.299 e. The molecule has 0 radical (unpaired) electrons. The molecule has 0 spiro atoms. The third kappa shape index (κ3) is 2.18. The molecule has 5 nitrogen and oxygen atoms in total. The van der Waals surface area contributed by atoms with Crippen LogP contribution in [0.15, 0.2) is 48.5 Å². The van der Waals surface area contributed by atoms with Gasteiger partial charge in [0.05, 0.1) is 11.3 Å². The number of hydrogen-bond acceptors (Lipinski definition) is 3. The molecule has 0 aliphatic carbocycles. The van der Waals surface area contributed by atoms with E-state index in [1.54, 1.807) is 43.4 Å². The fourth-order valence-electron chi connectivity index (χ4n) is 2.26. The Balaban J connectivity index is 1.88. The number of nitrogens with zero attached hydrogens (tertiary/aromatic N) is 1. The van der Waals surface area contributed by atoms with Gasteiger partial charge in [0.25, 0.3) is 17.6 Å². The van der Waals surface area contributed by atoms with E-state index in [4.69, 9.17) is 0 Å². The van der Waals surface area contributed by atoms with Crippen LogP contribution < -0.4 is 10.2 Å². The van der Waals surface area contributed by atoms with Crippen molar-refractivity contribution < 1.29 is 14.4 Å². The van der Waals surface area contributed by atoms with Crippen molar-refractivity contribution in [3.05, 3.63) is 59.7 Å². The van der Waals surface area contributed by atoms with Gasteiger partial charge in [-0.15, -0.1) is 0 Å². The second-order valence-electron chi connectivity index (χ2n) is 4.75. The van der Waals surface area contributed by atoms with Crippen LogP contribution in [0.5, 0.6) is 0 Å². The van der Waals surface area contributed by atoms with Crippen LogP contribution in [-0.2, 0) is 4.79 Å². The first-order valence-electron chi connectivity index (χ1n) is 6.41. The van der Waals surface area contributed by atoms with Gasteiger partial charge in [-0.05, 0) is 30.3 Å². The highest BCUT2D eigenvalue weighted by Gasteiger charge is 2.33. The zero-order valence-electron chi connectivity index (χ0n) is 11.3. The number of ketones is 1. The Morgan fingerprint density at radius 2 is 1.76 bits per heavy atom. The van der Waals surface area contributed by atoms with Crippen LogP contribution in [0.25, 0.3) is 0 Å². The number of Topliss-reactive ketones (excluding diaryl/α,β-unsaturated/α-hetero) is 1. The van der Waals surface area contributed by atoms with Crippen molar-refractivity contribution in [3.8, 4) is 0 Å². The Morgan fingerprint density at radius 3 is 2.48 bits per heavy atom. The number of rotatable bonds is 2. The summed E-state index contributed by atoms with van der Waals surface area (Å²) in [5, 5.41) is 2.72. The maximum absolute atomic E-state index is 12.1. The number of fused-ring (bicyclic) bond motifs is 1. The number of carbonyl (C=O) groups is 3. The van der Waals surface area contributed by atoms with Gasteiger partial charge in [-0.1, -0.05) is 18.2 Å².